The fourth-order valence-electron chi connectivity index (χ4n) is 3.43. The van der Waals surface area contributed by atoms with Gasteiger partial charge in [-0.05, 0) is 35.7 Å². The van der Waals surface area contributed by atoms with Gasteiger partial charge in [0.05, 0.1) is 6.33 Å². The maximum absolute atomic E-state index is 12.7. The minimum atomic E-state index is -0.169. The highest BCUT2D eigenvalue weighted by molar-refractivity contribution is 5.98. The van der Waals surface area contributed by atoms with Crippen molar-refractivity contribution in [3.63, 3.8) is 0 Å². The number of piperidine rings is 1. The van der Waals surface area contributed by atoms with Crippen LogP contribution in [0, 0.1) is 0 Å². The number of hydrogen-bond acceptors (Lipinski definition) is 4. The molecule has 2 N–H and O–H groups in total. The van der Waals surface area contributed by atoms with Gasteiger partial charge in [-0.1, -0.05) is 30.3 Å². The second-order valence-corrected chi connectivity index (χ2v) is 6.59. The Balaban J connectivity index is 1.47. The van der Waals surface area contributed by atoms with Crippen LogP contribution in [-0.4, -0.2) is 35.0 Å². The molecule has 0 radical (unpaired) electrons. The standard InChI is InChI=1S/C20H20N4O2/c25-19-11-18(21-13-22-19)24-9-3-6-17(12-24)23-20(26)16-8-7-14-4-1-2-5-15(14)10-16/h1-2,4-5,7-8,10-11,13,17H,3,6,9,12H2,(H,23,26)(H,21,22,25). The second kappa shape index (κ2) is 7.00. The summed E-state index contributed by atoms with van der Waals surface area (Å²) in [5.41, 5.74) is 0.493. The molecule has 2 aromatic carbocycles. The van der Waals surface area contributed by atoms with Gasteiger partial charge < -0.3 is 15.2 Å². The molecule has 1 unspecified atom stereocenters. The highest BCUT2D eigenvalue weighted by atomic mass is 16.1. The molecule has 1 amide bonds. The Bertz CT molecular complexity index is 998. The van der Waals surface area contributed by atoms with Crippen LogP contribution in [0.15, 0.2) is 59.7 Å². The second-order valence-electron chi connectivity index (χ2n) is 6.59. The molecule has 0 bridgehead atoms. The van der Waals surface area contributed by atoms with Gasteiger partial charge in [-0.15, -0.1) is 0 Å². The normalized spacial score (nSPS) is 17.2. The Hall–Kier alpha value is -3.15. The number of anilines is 1. The van der Waals surface area contributed by atoms with Gasteiger partial charge in [-0.3, -0.25) is 9.59 Å². The first-order valence-corrected chi connectivity index (χ1v) is 8.78. The number of nitrogens with one attached hydrogen (secondary N) is 2. The first kappa shape index (κ1) is 16.3. The number of rotatable bonds is 3. The number of aromatic nitrogens is 2. The summed E-state index contributed by atoms with van der Waals surface area (Å²) in [5.74, 6) is 0.583. The van der Waals surface area contributed by atoms with E-state index in [0.29, 0.717) is 17.9 Å². The van der Waals surface area contributed by atoms with Crippen molar-refractivity contribution in [3.8, 4) is 0 Å². The summed E-state index contributed by atoms with van der Waals surface area (Å²) in [4.78, 5) is 32.9. The molecule has 0 spiro atoms. The van der Waals surface area contributed by atoms with Crippen LogP contribution in [0.25, 0.3) is 10.8 Å². The van der Waals surface area contributed by atoms with E-state index in [2.05, 4.69) is 15.3 Å². The van der Waals surface area contributed by atoms with Crippen LogP contribution in [0.2, 0.25) is 0 Å². The van der Waals surface area contributed by atoms with Gasteiger partial charge in [0.25, 0.3) is 11.5 Å². The molecule has 26 heavy (non-hydrogen) atoms. The smallest absolute Gasteiger partial charge is 0.252 e. The molecular formula is C20H20N4O2. The maximum atomic E-state index is 12.7. The number of amides is 1. The zero-order valence-electron chi connectivity index (χ0n) is 14.3. The molecule has 1 aliphatic rings. The van der Waals surface area contributed by atoms with E-state index in [9.17, 15) is 9.59 Å². The summed E-state index contributed by atoms with van der Waals surface area (Å²) in [6.45, 7) is 1.48. The van der Waals surface area contributed by atoms with E-state index < -0.39 is 0 Å². The summed E-state index contributed by atoms with van der Waals surface area (Å²) in [6, 6.07) is 15.3. The molecule has 6 nitrogen and oxygen atoms in total. The van der Waals surface area contributed by atoms with Gasteiger partial charge in [-0.2, -0.15) is 0 Å². The largest absolute Gasteiger partial charge is 0.354 e. The van der Waals surface area contributed by atoms with Crippen molar-refractivity contribution in [1.29, 1.82) is 0 Å². The number of H-pyrrole nitrogens is 1. The SMILES string of the molecule is O=C(NC1CCCN(c2cc(=O)[nH]cn2)C1)c1ccc2ccccc2c1. The lowest BCUT2D eigenvalue weighted by Crippen LogP contribution is -2.48. The fraction of sp³-hybridized carbons (Fsp3) is 0.250. The minimum absolute atomic E-state index is 0.0313. The number of hydrogen-bond donors (Lipinski definition) is 2. The molecule has 2 heterocycles. The molecule has 1 saturated heterocycles. The average Bonchev–Trinajstić information content (AvgIpc) is 2.68. The van der Waals surface area contributed by atoms with Crippen molar-refractivity contribution in [2.45, 2.75) is 18.9 Å². The highest BCUT2D eigenvalue weighted by Gasteiger charge is 2.23. The van der Waals surface area contributed by atoms with Crippen molar-refractivity contribution in [1.82, 2.24) is 15.3 Å². The first-order valence-electron chi connectivity index (χ1n) is 8.78. The molecule has 1 aliphatic heterocycles. The van der Waals surface area contributed by atoms with Crippen LogP contribution in [0.4, 0.5) is 5.82 Å². The Morgan fingerprint density at radius 3 is 2.85 bits per heavy atom. The maximum Gasteiger partial charge on any atom is 0.252 e. The summed E-state index contributed by atoms with van der Waals surface area (Å²) < 4.78 is 0. The summed E-state index contributed by atoms with van der Waals surface area (Å²) in [5, 5.41) is 5.29. The Morgan fingerprint density at radius 2 is 2.00 bits per heavy atom. The van der Waals surface area contributed by atoms with E-state index in [0.717, 1.165) is 30.2 Å². The Kier molecular flexibility index (Phi) is 4.39. The lowest BCUT2D eigenvalue weighted by Gasteiger charge is -2.33. The predicted octanol–water partition coefficient (Wildman–Crippen LogP) is 2.32. The number of nitrogens with zero attached hydrogens (tertiary/aromatic N) is 2. The minimum Gasteiger partial charge on any atom is -0.354 e. The van der Waals surface area contributed by atoms with Crippen LogP contribution in [0.1, 0.15) is 23.2 Å². The van der Waals surface area contributed by atoms with Crippen molar-refractivity contribution < 1.29 is 4.79 Å². The van der Waals surface area contributed by atoms with Crippen LogP contribution in [-0.2, 0) is 0 Å². The highest BCUT2D eigenvalue weighted by Crippen LogP contribution is 2.18. The number of aromatic amines is 1. The zero-order valence-corrected chi connectivity index (χ0v) is 14.3. The molecule has 0 saturated carbocycles. The Morgan fingerprint density at radius 1 is 1.15 bits per heavy atom. The Labute approximate surface area is 150 Å². The quantitative estimate of drug-likeness (QED) is 0.761. The lowest BCUT2D eigenvalue weighted by atomic mass is 10.0. The van der Waals surface area contributed by atoms with Gasteiger partial charge in [-0.25, -0.2) is 4.98 Å². The number of carbonyl (C=O) groups is 1. The molecule has 1 aromatic heterocycles. The van der Waals surface area contributed by atoms with Crippen LogP contribution < -0.4 is 15.8 Å². The van der Waals surface area contributed by atoms with Gasteiger partial charge in [0.2, 0.25) is 0 Å². The van der Waals surface area contributed by atoms with Crippen molar-refractivity contribution in [2.24, 2.45) is 0 Å². The third-order valence-corrected chi connectivity index (χ3v) is 4.76. The van der Waals surface area contributed by atoms with Gasteiger partial charge in [0.1, 0.15) is 5.82 Å². The fourth-order valence-corrected chi connectivity index (χ4v) is 3.43. The molecule has 1 fully saturated rings. The van der Waals surface area contributed by atoms with Crippen LogP contribution in [0.3, 0.4) is 0 Å². The van der Waals surface area contributed by atoms with Gasteiger partial charge in [0.15, 0.2) is 0 Å². The van der Waals surface area contributed by atoms with E-state index >= 15 is 0 Å². The van der Waals surface area contributed by atoms with Crippen molar-refractivity contribution in [2.75, 3.05) is 18.0 Å². The number of benzene rings is 2. The number of fused-ring (bicyclic) bond motifs is 1. The molecule has 132 valence electrons. The first-order chi connectivity index (χ1) is 12.7. The van der Waals surface area contributed by atoms with E-state index in [1.54, 1.807) is 0 Å². The lowest BCUT2D eigenvalue weighted by molar-refractivity contribution is 0.0933. The number of carbonyl (C=O) groups excluding carboxylic acids is 1. The van der Waals surface area contributed by atoms with E-state index in [1.165, 1.54) is 12.4 Å². The van der Waals surface area contributed by atoms with E-state index in [-0.39, 0.29) is 17.5 Å². The van der Waals surface area contributed by atoms with E-state index in [1.807, 2.05) is 47.4 Å². The van der Waals surface area contributed by atoms with E-state index in [4.69, 9.17) is 0 Å². The van der Waals surface area contributed by atoms with Gasteiger partial charge >= 0.3 is 0 Å². The summed E-state index contributed by atoms with van der Waals surface area (Å²) >= 11 is 0. The average molecular weight is 348 g/mol. The van der Waals surface area contributed by atoms with Crippen molar-refractivity contribution >= 4 is 22.5 Å². The van der Waals surface area contributed by atoms with Crippen LogP contribution >= 0.6 is 0 Å². The molecule has 0 aliphatic carbocycles. The van der Waals surface area contributed by atoms with Crippen molar-refractivity contribution in [3.05, 3.63) is 70.8 Å². The van der Waals surface area contributed by atoms with Crippen LogP contribution in [0.5, 0.6) is 0 Å². The topological polar surface area (TPSA) is 78.1 Å². The predicted molar refractivity (Wildman–Crippen MR) is 102 cm³/mol. The third kappa shape index (κ3) is 3.44. The molecule has 4 rings (SSSR count). The van der Waals surface area contributed by atoms with Gasteiger partial charge in [0, 0.05) is 30.8 Å². The molecule has 6 heteroatoms. The summed E-state index contributed by atoms with van der Waals surface area (Å²) in [6.07, 6.45) is 3.27. The third-order valence-electron chi connectivity index (χ3n) is 4.76. The zero-order chi connectivity index (χ0) is 17.9. The molecule has 3 aromatic rings. The summed E-state index contributed by atoms with van der Waals surface area (Å²) in [7, 11) is 0. The monoisotopic (exact) mass is 348 g/mol. The molecular weight excluding hydrogens is 328 g/mol. The molecule has 1 atom stereocenters.